The summed E-state index contributed by atoms with van der Waals surface area (Å²) in [5, 5.41) is 12.7. The molecule has 2 aromatic rings. The number of nitrogens with zero attached hydrogens (tertiary/aromatic N) is 1. The van der Waals surface area contributed by atoms with Crippen LogP contribution in [0.15, 0.2) is 54.6 Å². The van der Waals surface area contributed by atoms with E-state index in [4.69, 9.17) is 0 Å². The minimum atomic E-state index is 0.00774. The highest BCUT2D eigenvalue weighted by molar-refractivity contribution is 5.84. The minimum absolute atomic E-state index is 0.00774. The van der Waals surface area contributed by atoms with E-state index in [1.54, 1.807) is 12.5 Å². The smallest absolute Gasteiger partial charge is 0.225 e. The summed E-state index contributed by atoms with van der Waals surface area (Å²) >= 11 is 0. The first kappa shape index (κ1) is 18.1. The molecule has 4 rings (SSSR count). The Balaban J connectivity index is 1.28. The second-order valence-corrected chi connectivity index (χ2v) is 7.75. The third kappa shape index (κ3) is 4.33. The Morgan fingerprint density at radius 3 is 2.52 bits per heavy atom. The van der Waals surface area contributed by atoms with E-state index in [-0.39, 0.29) is 5.91 Å². The third-order valence-electron chi connectivity index (χ3n) is 6.02. The molecular formula is C23H27N2O2. The van der Waals surface area contributed by atoms with Gasteiger partial charge in [-0.15, -0.1) is 0 Å². The van der Waals surface area contributed by atoms with Crippen molar-refractivity contribution in [1.29, 1.82) is 0 Å². The van der Waals surface area contributed by atoms with Gasteiger partial charge in [-0.05, 0) is 54.9 Å². The molecule has 4 nitrogen and oxygen atoms in total. The van der Waals surface area contributed by atoms with Gasteiger partial charge in [-0.1, -0.05) is 42.5 Å². The molecule has 0 saturated carbocycles. The maximum Gasteiger partial charge on any atom is 0.225 e. The van der Waals surface area contributed by atoms with Crippen LogP contribution in [0.1, 0.15) is 42.7 Å². The Bertz CT molecular complexity index is 763. The quantitative estimate of drug-likeness (QED) is 0.824. The van der Waals surface area contributed by atoms with Crippen molar-refractivity contribution in [2.45, 2.75) is 50.2 Å². The molecule has 2 aromatic carbocycles. The molecule has 141 valence electrons. The molecule has 2 N–H and O–H groups in total. The van der Waals surface area contributed by atoms with E-state index in [2.05, 4.69) is 16.3 Å². The number of hydrogen-bond donors (Lipinski definition) is 2. The van der Waals surface area contributed by atoms with E-state index in [9.17, 15) is 9.90 Å². The van der Waals surface area contributed by atoms with Crippen LogP contribution in [0.4, 0.5) is 0 Å². The van der Waals surface area contributed by atoms with Crippen LogP contribution < -0.4 is 5.32 Å². The van der Waals surface area contributed by atoms with Gasteiger partial charge in [0.15, 0.2) is 0 Å². The van der Waals surface area contributed by atoms with Crippen molar-refractivity contribution in [3.63, 3.8) is 0 Å². The molecule has 1 amide bonds. The first-order valence-corrected chi connectivity index (χ1v) is 9.88. The van der Waals surface area contributed by atoms with Crippen molar-refractivity contribution in [3.05, 3.63) is 72.1 Å². The van der Waals surface area contributed by atoms with Crippen molar-refractivity contribution in [2.75, 3.05) is 6.54 Å². The number of aromatic hydroxyl groups is 1. The largest absolute Gasteiger partial charge is 0.508 e. The SMILES string of the molecule is O=C([CH]CN1C2CC[C@@H]1CC(c1cccc(O)c1)C2)NCc1ccccc1. The van der Waals surface area contributed by atoms with Gasteiger partial charge in [0.1, 0.15) is 5.75 Å². The van der Waals surface area contributed by atoms with Gasteiger partial charge in [-0.2, -0.15) is 0 Å². The molecule has 2 bridgehead atoms. The topological polar surface area (TPSA) is 52.6 Å². The lowest BCUT2D eigenvalue weighted by atomic mass is 9.85. The van der Waals surface area contributed by atoms with Gasteiger partial charge in [0, 0.05) is 25.2 Å². The Kier molecular flexibility index (Phi) is 5.44. The number of fused-ring (bicyclic) bond motifs is 2. The molecule has 3 atom stereocenters. The molecule has 2 heterocycles. The molecule has 0 aromatic heterocycles. The Hall–Kier alpha value is -2.33. The molecular weight excluding hydrogens is 336 g/mol. The number of nitrogens with one attached hydrogen (secondary N) is 1. The Labute approximate surface area is 161 Å². The Morgan fingerprint density at radius 1 is 1.07 bits per heavy atom. The van der Waals surface area contributed by atoms with Gasteiger partial charge in [-0.3, -0.25) is 9.69 Å². The van der Waals surface area contributed by atoms with Gasteiger partial charge >= 0.3 is 0 Å². The van der Waals surface area contributed by atoms with Crippen LogP contribution in [-0.2, 0) is 11.3 Å². The first-order chi connectivity index (χ1) is 13.2. The highest BCUT2D eigenvalue weighted by atomic mass is 16.3. The number of amides is 1. The van der Waals surface area contributed by atoms with Crippen LogP contribution in [0.5, 0.6) is 5.75 Å². The van der Waals surface area contributed by atoms with Crippen molar-refractivity contribution < 1.29 is 9.90 Å². The van der Waals surface area contributed by atoms with Gasteiger partial charge in [-0.25, -0.2) is 0 Å². The number of phenolic OH excluding ortho intramolecular Hbond substituents is 1. The summed E-state index contributed by atoms with van der Waals surface area (Å²) < 4.78 is 0. The van der Waals surface area contributed by atoms with E-state index >= 15 is 0 Å². The van der Waals surface area contributed by atoms with Crippen LogP contribution in [0.3, 0.4) is 0 Å². The highest BCUT2D eigenvalue weighted by Crippen LogP contribution is 2.43. The molecule has 0 spiro atoms. The zero-order chi connectivity index (χ0) is 18.6. The molecule has 2 saturated heterocycles. The maximum atomic E-state index is 12.2. The maximum absolute atomic E-state index is 12.2. The zero-order valence-corrected chi connectivity index (χ0v) is 15.6. The van der Waals surface area contributed by atoms with Crippen molar-refractivity contribution in [3.8, 4) is 5.75 Å². The lowest BCUT2D eigenvalue weighted by molar-refractivity contribution is -0.118. The number of carbonyl (C=O) groups is 1. The summed E-state index contributed by atoms with van der Waals surface area (Å²) in [6.07, 6.45) is 6.43. The zero-order valence-electron chi connectivity index (χ0n) is 15.6. The molecule has 2 unspecified atom stereocenters. The number of piperidine rings is 1. The van der Waals surface area contributed by atoms with Crippen molar-refractivity contribution in [2.24, 2.45) is 0 Å². The summed E-state index contributed by atoms with van der Waals surface area (Å²) in [6, 6.07) is 18.8. The lowest BCUT2D eigenvalue weighted by Crippen LogP contribution is -2.44. The van der Waals surface area contributed by atoms with Crippen LogP contribution in [-0.4, -0.2) is 34.5 Å². The second-order valence-electron chi connectivity index (χ2n) is 7.75. The normalized spacial score (nSPS) is 24.7. The molecule has 27 heavy (non-hydrogen) atoms. The average molecular weight is 363 g/mol. The van der Waals surface area contributed by atoms with Crippen molar-refractivity contribution in [1.82, 2.24) is 10.2 Å². The highest BCUT2D eigenvalue weighted by Gasteiger charge is 2.40. The molecule has 0 aliphatic carbocycles. The molecule has 2 aliphatic rings. The molecule has 2 fully saturated rings. The van der Waals surface area contributed by atoms with E-state index in [0.717, 1.165) is 24.9 Å². The molecule has 1 radical (unpaired) electrons. The van der Waals surface area contributed by atoms with Crippen LogP contribution in [0.25, 0.3) is 0 Å². The fraction of sp³-hybridized carbons (Fsp3) is 0.391. The van der Waals surface area contributed by atoms with Gasteiger partial charge < -0.3 is 10.4 Å². The third-order valence-corrected chi connectivity index (χ3v) is 6.02. The number of phenols is 1. The summed E-state index contributed by atoms with van der Waals surface area (Å²) in [4.78, 5) is 14.7. The predicted molar refractivity (Wildman–Crippen MR) is 106 cm³/mol. The van der Waals surface area contributed by atoms with E-state index in [1.807, 2.05) is 42.5 Å². The first-order valence-electron chi connectivity index (χ1n) is 9.88. The number of benzene rings is 2. The van der Waals surface area contributed by atoms with Gasteiger partial charge in [0.05, 0.1) is 6.42 Å². The van der Waals surface area contributed by atoms with Crippen molar-refractivity contribution >= 4 is 5.91 Å². The minimum Gasteiger partial charge on any atom is -0.508 e. The predicted octanol–water partition coefficient (Wildman–Crippen LogP) is 3.62. The summed E-state index contributed by atoms with van der Waals surface area (Å²) in [6.45, 7) is 1.30. The fourth-order valence-corrected chi connectivity index (χ4v) is 4.67. The van der Waals surface area contributed by atoms with Crippen LogP contribution in [0.2, 0.25) is 0 Å². The van der Waals surface area contributed by atoms with E-state index in [1.165, 1.54) is 18.4 Å². The van der Waals surface area contributed by atoms with Gasteiger partial charge in [0.2, 0.25) is 5.91 Å². The monoisotopic (exact) mass is 363 g/mol. The van der Waals surface area contributed by atoms with Crippen LogP contribution >= 0.6 is 0 Å². The Morgan fingerprint density at radius 2 is 1.81 bits per heavy atom. The van der Waals surface area contributed by atoms with E-state index in [0.29, 0.717) is 30.3 Å². The molecule has 2 aliphatic heterocycles. The summed E-state index contributed by atoms with van der Waals surface area (Å²) in [7, 11) is 0. The fourth-order valence-electron chi connectivity index (χ4n) is 4.67. The van der Waals surface area contributed by atoms with E-state index < -0.39 is 0 Å². The number of rotatable bonds is 6. The number of carbonyl (C=O) groups excluding carboxylic acids is 1. The number of hydrogen-bond acceptors (Lipinski definition) is 3. The standard InChI is InChI=1S/C23H27N2O2/c26-22-8-4-7-18(15-22)19-13-20-9-10-21(14-19)25(20)12-11-23(27)24-16-17-5-2-1-3-6-17/h1-8,11,15,19-21,26H,9-10,12-14,16H2,(H,24,27)/t19?,20-,21?/m1/s1. The summed E-state index contributed by atoms with van der Waals surface area (Å²) in [5.41, 5.74) is 2.36. The average Bonchev–Trinajstić information content (AvgIpc) is 2.92. The van der Waals surface area contributed by atoms with Crippen LogP contribution in [0, 0.1) is 6.42 Å². The lowest BCUT2D eigenvalue weighted by Gasteiger charge is -2.39. The molecule has 4 heteroatoms. The summed E-state index contributed by atoms with van der Waals surface area (Å²) in [5.74, 6) is 0.872. The van der Waals surface area contributed by atoms with Gasteiger partial charge in [0.25, 0.3) is 0 Å². The second kappa shape index (κ2) is 8.13.